The van der Waals surface area contributed by atoms with Crippen LogP contribution in [0.1, 0.15) is 30.6 Å². The number of nitrogens with zero attached hydrogens (tertiary/aromatic N) is 2. The first-order valence-corrected chi connectivity index (χ1v) is 9.37. The van der Waals surface area contributed by atoms with Gasteiger partial charge in [-0.1, -0.05) is 19.9 Å². The van der Waals surface area contributed by atoms with Gasteiger partial charge in [0, 0.05) is 32.4 Å². The molecule has 29 heavy (non-hydrogen) atoms. The first-order chi connectivity index (χ1) is 13.8. The Morgan fingerprint density at radius 2 is 2.00 bits per heavy atom. The Bertz CT molecular complexity index is 964. The Morgan fingerprint density at radius 3 is 2.62 bits per heavy atom. The summed E-state index contributed by atoms with van der Waals surface area (Å²) in [7, 11) is 3.06. The summed E-state index contributed by atoms with van der Waals surface area (Å²) in [6.45, 7) is 4.75. The molecule has 2 aromatic rings. The van der Waals surface area contributed by atoms with Crippen molar-refractivity contribution in [2.75, 3.05) is 38.0 Å². The second-order valence-corrected chi connectivity index (χ2v) is 7.03. The number of nitrogens with one attached hydrogen (secondary N) is 1. The maximum Gasteiger partial charge on any atom is 0.330 e. The van der Waals surface area contributed by atoms with Crippen LogP contribution in [0.15, 0.2) is 33.9 Å². The van der Waals surface area contributed by atoms with Crippen molar-refractivity contribution in [2.45, 2.75) is 26.8 Å². The minimum absolute atomic E-state index is 0.0406. The number of amides is 1. The number of anilines is 2. The van der Waals surface area contributed by atoms with E-state index in [9.17, 15) is 14.4 Å². The van der Waals surface area contributed by atoms with E-state index in [1.807, 2.05) is 13.8 Å². The van der Waals surface area contributed by atoms with Crippen molar-refractivity contribution in [3.05, 3.63) is 50.7 Å². The molecule has 2 rings (SSSR count). The number of nitrogen functional groups attached to an aromatic ring is 1. The van der Waals surface area contributed by atoms with Crippen LogP contribution in [0.4, 0.5) is 11.5 Å². The van der Waals surface area contributed by atoms with E-state index in [1.54, 1.807) is 31.4 Å². The standard InChI is InChI=1S/C20H28N4O5/c1-13(2)12-24-17(21)16(18(25)22-20(24)27)23(9-6-10-28-3)19(26)14-7-5-8-15(11-14)29-4/h5,7-8,11,13H,6,9-10,12,21H2,1-4H3,(H,22,25,27). The van der Waals surface area contributed by atoms with Crippen LogP contribution in [0.25, 0.3) is 0 Å². The smallest absolute Gasteiger partial charge is 0.330 e. The SMILES string of the molecule is COCCCN(C(=O)c1cccc(OC)c1)c1c(N)n(CC(C)C)c(=O)[nH]c1=O. The molecule has 1 aromatic heterocycles. The number of methoxy groups -OCH3 is 2. The molecular formula is C20H28N4O5. The highest BCUT2D eigenvalue weighted by Crippen LogP contribution is 2.22. The first kappa shape index (κ1) is 22.2. The van der Waals surface area contributed by atoms with Crippen molar-refractivity contribution in [1.29, 1.82) is 0 Å². The predicted molar refractivity (Wildman–Crippen MR) is 112 cm³/mol. The molecule has 0 aliphatic heterocycles. The van der Waals surface area contributed by atoms with Crippen LogP contribution < -0.4 is 26.6 Å². The number of nitrogens with two attached hydrogens (primary N) is 1. The fourth-order valence-electron chi connectivity index (χ4n) is 2.98. The zero-order chi connectivity index (χ0) is 21.6. The average molecular weight is 404 g/mol. The molecule has 0 unspecified atom stereocenters. The van der Waals surface area contributed by atoms with Gasteiger partial charge in [0.05, 0.1) is 7.11 Å². The number of aromatic amines is 1. The monoisotopic (exact) mass is 404 g/mol. The molecule has 1 aromatic carbocycles. The zero-order valence-corrected chi connectivity index (χ0v) is 17.2. The van der Waals surface area contributed by atoms with Gasteiger partial charge in [0.15, 0.2) is 5.69 Å². The van der Waals surface area contributed by atoms with Crippen molar-refractivity contribution in [1.82, 2.24) is 9.55 Å². The van der Waals surface area contributed by atoms with Crippen molar-refractivity contribution in [3.8, 4) is 5.75 Å². The average Bonchev–Trinajstić information content (AvgIpc) is 2.69. The third-order valence-electron chi connectivity index (χ3n) is 4.32. The van der Waals surface area contributed by atoms with Crippen molar-refractivity contribution >= 4 is 17.4 Å². The summed E-state index contributed by atoms with van der Waals surface area (Å²) in [5, 5.41) is 0. The predicted octanol–water partition coefficient (Wildman–Crippen LogP) is 1.47. The van der Waals surface area contributed by atoms with E-state index in [0.29, 0.717) is 30.9 Å². The van der Waals surface area contributed by atoms with E-state index in [1.165, 1.54) is 16.6 Å². The Kier molecular flexibility index (Phi) is 7.60. The fourth-order valence-corrected chi connectivity index (χ4v) is 2.98. The molecule has 3 N–H and O–H groups in total. The maximum atomic E-state index is 13.3. The molecule has 0 saturated heterocycles. The van der Waals surface area contributed by atoms with Gasteiger partial charge < -0.3 is 20.1 Å². The molecule has 158 valence electrons. The lowest BCUT2D eigenvalue weighted by molar-refractivity contribution is 0.0983. The number of ether oxygens (including phenoxy) is 2. The minimum Gasteiger partial charge on any atom is -0.497 e. The summed E-state index contributed by atoms with van der Waals surface area (Å²) in [5.74, 6) is 0.164. The van der Waals surface area contributed by atoms with E-state index in [2.05, 4.69) is 4.98 Å². The first-order valence-electron chi connectivity index (χ1n) is 9.37. The molecule has 1 heterocycles. The fraction of sp³-hybridized carbons (Fsp3) is 0.450. The second-order valence-electron chi connectivity index (χ2n) is 7.03. The van der Waals surface area contributed by atoms with Gasteiger partial charge in [0.2, 0.25) is 0 Å². The van der Waals surface area contributed by atoms with Crippen LogP contribution in [0.5, 0.6) is 5.75 Å². The molecule has 0 bridgehead atoms. The third kappa shape index (κ3) is 5.26. The van der Waals surface area contributed by atoms with Crippen LogP contribution >= 0.6 is 0 Å². The molecule has 0 atom stereocenters. The van der Waals surface area contributed by atoms with Gasteiger partial charge >= 0.3 is 5.69 Å². The van der Waals surface area contributed by atoms with E-state index in [0.717, 1.165) is 0 Å². The highest BCUT2D eigenvalue weighted by Gasteiger charge is 2.25. The molecule has 0 fully saturated rings. The van der Waals surface area contributed by atoms with Gasteiger partial charge in [-0.05, 0) is 30.5 Å². The molecule has 0 spiro atoms. The number of carbonyl (C=O) groups excluding carboxylic acids is 1. The molecule has 9 heteroatoms. The minimum atomic E-state index is -0.707. The molecule has 0 aliphatic rings. The third-order valence-corrected chi connectivity index (χ3v) is 4.32. The van der Waals surface area contributed by atoms with Gasteiger partial charge in [-0.25, -0.2) is 4.79 Å². The molecule has 0 saturated carbocycles. The van der Waals surface area contributed by atoms with E-state index in [-0.39, 0.29) is 24.0 Å². The molecule has 9 nitrogen and oxygen atoms in total. The summed E-state index contributed by atoms with van der Waals surface area (Å²) < 4.78 is 11.5. The molecule has 1 amide bonds. The summed E-state index contributed by atoms with van der Waals surface area (Å²) >= 11 is 0. The second kappa shape index (κ2) is 9.92. The Hall–Kier alpha value is -3.07. The van der Waals surface area contributed by atoms with Gasteiger partial charge in [0.1, 0.15) is 11.6 Å². The van der Waals surface area contributed by atoms with Crippen LogP contribution in [0.2, 0.25) is 0 Å². The van der Waals surface area contributed by atoms with Crippen molar-refractivity contribution in [3.63, 3.8) is 0 Å². The lowest BCUT2D eigenvalue weighted by Crippen LogP contribution is -2.42. The zero-order valence-electron chi connectivity index (χ0n) is 17.2. The summed E-state index contributed by atoms with van der Waals surface area (Å²) in [5.41, 5.74) is 5.18. The highest BCUT2D eigenvalue weighted by atomic mass is 16.5. The van der Waals surface area contributed by atoms with Crippen molar-refractivity contribution in [2.24, 2.45) is 5.92 Å². The number of aromatic nitrogens is 2. The Morgan fingerprint density at radius 1 is 1.28 bits per heavy atom. The number of H-pyrrole nitrogens is 1. The molecule has 0 aliphatic carbocycles. The highest BCUT2D eigenvalue weighted by molar-refractivity contribution is 6.07. The van der Waals surface area contributed by atoms with Gasteiger partial charge in [-0.3, -0.25) is 19.1 Å². The van der Waals surface area contributed by atoms with Crippen LogP contribution in [0, 0.1) is 5.92 Å². The number of hydrogen-bond donors (Lipinski definition) is 2. The number of rotatable bonds is 9. The Labute approximate surface area is 169 Å². The lowest BCUT2D eigenvalue weighted by Gasteiger charge is -2.25. The maximum absolute atomic E-state index is 13.3. The van der Waals surface area contributed by atoms with E-state index in [4.69, 9.17) is 15.2 Å². The topological polar surface area (TPSA) is 120 Å². The van der Waals surface area contributed by atoms with Crippen LogP contribution in [0.3, 0.4) is 0 Å². The number of hydrogen-bond acceptors (Lipinski definition) is 6. The summed E-state index contributed by atoms with van der Waals surface area (Å²) in [6, 6.07) is 6.62. The van der Waals surface area contributed by atoms with Gasteiger partial charge in [0.25, 0.3) is 11.5 Å². The molecular weight excluding hydrogens is 376 g/mol. The molecule has 0 radical (unpaired) electrons. The number of benzene rings is 1. The largest absolute Gasteiger partial charge is 0.497 e. The Balaban J connectivity index is 2.58. The van der Waals surface area contributed by atoms with Crippen molar-refractivity contribution < 1.29 is 14.3 Å². The van der Waals surface area contributed by atoms with E-state index >= 15 is 0 Å². The van der Waals surface area contributed by atoms with E-state index < -0.39 is 17.2 Å². The van der Waals surface area contributed by atoms with Gasteiger partial charge in [-0.15, -0.1) is 0 Å². The summed E-state index contributed by atoms with van der Waals surface area (Å²) in [4.78, 5) is 41.7. The van der Waals surface area contributed by atoms with Crippen LogP contribution in [-0.4, -0.2) is 42.8 Å². The van der Waals surface area contributed by atoms with Crippen LogP contribution in [-0.2, 0) is 11.3 Å². The quantitative estimate of drug-likeness (QED) is 0.611. The summed E-state index contributed by atoms with van der Waals surface area (Å²) in [6.07, 6.45) is 0.481. The normalized spacial score (nSPS) is 10.9. The lowest BCUT2D eigenvalue weighted by atomic mass is 10.1. The van der Waals surface area contributed by atoms with Gasteiger partial charge in [-0.2, -0.15) is 0 Å². The number of carbonyl (C=O) groups is 1.